The molecule has 0 fully saturated rings. The molecule has 0 radical (unpaired) electrons. The first kappa shape index (κ1) is 17.0. The molecule has 0 aliphatic heterocycles. The molecule has 0 aliphatic carbocycles. The van der Waals surface area contributed by atoms with E-state index in [1.165, 1.54) is 0 Å². The van der Waals surface area contributed by atoms with Gasteiger partial charge in [-0.1, -0.05) is 30.7 Å². The fraction of sp³-hybridized carbons (Fsp3) is 0.350. The molecule has 0 spiro atoms. The summed E-state index contributed by atoms with van der Waals surface area (Å²) in [4.78, 5) is 4.77. The van der Waals surface area contributed by atoms with Crippen molar-refractivity contribution in [2.45, 2.75) is 46.6 Å². The summed E-state index contributed by atoms with van der Waals surface area (Å²) in [5, 5.41) is 10.7. The molecule has 0 atom stereocenters. The first-order chi connectivity index (χ1) is 12.5. The van der Waals surface area contributed by atoms with Crippen LogP contribution in [0.1, 0.15) is 44.0 Å². The fourth-order valence-corrected chi connectivity index (χ4v) is 4.04. The second-order valence-corrected chi connectivity index (χ2v) is 7.24. The van der Waals surface area contributed by atoms with Gasteiger partial charge in [-0.25, -0.2) is 9.67 Å². The quantitative estimate of drug-likeness (QED) is 0.485. The van der Waals surface area contributed by atoms with Crippen molar-refractivity contribution in [2.24, 2.45) is 0 Å². The summed E-state index contributed by atoms with van der Waals surface area (Å²) in [5.74, 6) is 0.776. The number of fused-ring (bicyclic) bond motifs is 2. The Labute approximate surface area is 157 Å². The minimum Gasteiger partial charge on any atom is -0.298 e. The van der Waals surface area contributed by atoms with Gasteiger partial charge in [0.05, 0.1) is 22.1 Å². The molecular formula is C20H22ClN5. The first-order valence-corrected chi connectivity index (χ1v) is 9.41. The van der Waals surface area contributed by atoms with Crippen LogP contribution in [0.2, 0.25) is 5.02 Å². The summed E-state index contributed by atoms with van der Waals surface area (Å²) in [5.41, 5.74) is 4.85. The van der Waals surface area contributed by atoms with Crippen LogP contribution in [0, 0.1) is 13.8 Å². The molecule has 6 heteroatoms. The number of hydrogen-bond acceptors (Lipinski definition) is 3. The van der Waals surface area contributed by atoms with E-state index in [4.69, 9.17) is 16.6 Å². The topological polar surface area (TPSA) is 48.5 Å². The van der Waals surface area contributed by atoms with E-state index in [9.17, 15) is 0 Å². The van der Waals surface area contributed by atoms with Gasteiger partial charge in [0.1, 0.15) is 0 Å². The summed E-state index contributed by atoms with van der Waals surface area (Å²) < 4.78 is 4.06. The molecule has 3 heterocycles. The van der Waals surface area contributed by atoms with Gasteiger partial charge in [-0.2, -0.15) is 0 Å². The van der Waals surface area contributed by atoms with Gasteiger partial charge in [-0.15, -0.1) is 5.10 Å². The predicted octanol–water partition coefficient (Wildman–Crippen LogP) is 5.40. The standard InChI is InChI=1S/C20H22ClN5/c1-5-15(6-2)26-17-11-13(4)22-20(18(17)23-24-26)25-8-7-14-9-12(3)10-16(21)19(14)25/h7-11,15H,5-6H2,1-4H3. The van der Waals surface area contributed by atoms with Crippen molar-refractivity contribution in [2.75, 3.05) is 0 Å². The average molecular weight is 368 g/mol. The van der Waals surface area contributed by atoms with E-state index in [2.05, 4.69) is 42.4 Å². The van der Waals surface area contributed by atoms with Gasteiger partial charge in [0.15, 0.2) is 11.3 Å². The van der Waals surface area contributed by atoms with Gasteiger partial charge in [-0.05, 0) is 56.5 Å². The molecule has 5 nitrogen and oxygen atoms in total. The molecule has 1 aromatic carbocycles. The van der Waals surface area contributed by atoms with Gasteiger partial charge in [-0.3, -0.25) is 4.57 Å². The van der Waals surface area contributed by atoms with E-state index >= 15 is 0 Å². The largest absolute Gasteiger partial charge is 0.298 e. The molecule has 26 heavy (non-hydrogen) atoms. The Morgan fingerprint density at radius 1 is 1.12 bits per heavy atom. The van der Waals surface area contributed by atoms with Crippen LogP contribution in [0.25, 0.3) is 27.8 Å². The Hall–Kier alpha value is -2.40. The summed E-state index contributed by atoms with van der Waals surface area (Å²) in [7, 11) is 0. The van der Waals surface area contributed by atoms with Crippen molar-refractivity contribution in [1.29, 1.82) is 0 Å². The molecule has 0 amide bonds. The monoisotopic (exact) mass is 367 g/mol. The number of aryl methyl sites for hydroxylation is 2. The van der Waals surface area contributed by atoms with Gasteiger partial charge in [0.2, 0.25) is 0 Å². The zero-order chi connectivity index (χ0) is 18.4. The minimum absolute atomic E-state index is 0.335. The highest BCUT2D eigenvalue weighted by Crippen LogP contribution is 2.31. The Balaban J connectivity index is 2.01. The van der Waals surface area contributed by atoms with E-state index in [1.54, 1.807) is 0 Å². The molecule has 0 saturated carbocycles. The summed E-state index contributed by atoms with van der Waals surface area (Å²) in [6, 6.07) is 8.58. The second-order valence-electron chi connectivity index (χ2n) is 6.83. The molecule has 0 bridgehead atoms. The lowest BCUT2D eigenvalue weighted by Gasteiger charge is -2.14. The Morgan fingerprint density at radius 2 is 1.88 bits per heavy atom. The van der Waals surface area contributed by atoms with Crippen LogP contribution in [0.5, 0.6) is 0 Å². The third kappa shape index (κ3) is 2.58. The van der Waals surface area contributed by atoms with E-state index < -0.39 is 0 Å². The second kappa shape index (κ2) is 6.40. The molecule has 0 aliphatic rings. The van der Waals surface area contributed by atoms with Crippen LogP contribution in [0.15, 0.2) is 30.5 Å². The maximum atomic E-state index is 6.56. The van der Waals surface area contributed by atoms with Crippen molar-refractivity contribution in [1.82, 2.24) is 24.5 Å². The van der Waals surface area contributed by atoms with Crippen LogP contribution < -0.4 is 0 Å². The lowest BCUT2D eigenvalue weighted by atomic mass is 10.1. The maximum absolute atomic E-state index is 6.56. The van der Waals surface area contributed by atoms with Crippen LogP contribution in [0.3, 0.4) is 0 Å². The Bertz CT molecular complexity index is 1100. The van der Waals surface area contributed by atoms with Crippen LogP contribution in [0.4, 0.5) is 0 Å². The number of hydrogen-bond donors (Lipinski definition) is 0. The average Bonchev–Trinajstić information content (AvgIpc) is 3.20. The first-order valence-electron chi connectivity index (χ1n) is 9.03. The number of benzene rings is 1. The summed E-state index contributed by atoms with van der Waals surface area (Å²) >= 11 is 6.56. The minimum atomic E-state index is 0.335. The molecule has 3 aromatic heterocycles. The molecule has 0 saturated heterocycles. The third-order valence-corrected chi connectivity index (χ3v) is 5.26. The van der Waals surface area contributed by atoms with Crippen molar-refractivity contribution in [3.8, 4) is 5.82 Å². The van der Waals surface area contributed by atoms with Gasteiger partial charge in [0, 0.05) is 17.3 Å². The lowest BCUT2D eigenvalue weighted by Crippen LogP contribution is -2.09. The highest BCUT2D eigenvalue weighted by atomic mass is 35.5. The molecule has 4 rings (SSSR count). The van der Waals surface area contributed by atoms with E-state index in [-0.39, 0.29) is 0 Å². The summed E-state index contributed by atoms with van der Waals surface area (Å²) in [6.07, 6.45) is 4.04. The van der Waals surface area contributed by atoms with Gasteiger partial charge >= 0.3 is 0 Å². The number of halogens is 1. The van der Waals surface area contributed by atoms with Crippen molar-refractivity contribution in [3.63, 3.8) is 0 Å². The van der Waals surface area contributed by atoms with Crippen molar-refractivity contribution < 1.29 is 0 Å². The Kier molecular flexibility index (Phi) is 4.19. The van der Waals surface area contributed by atoms with Crippen LogP contribution in [-0.4, -0.2) is 24.5 Å². The number of nitrogens with zero attached hydrogens (tertiary/aromatic N) is 5. The van der Waals surface area contributed by atoms with Crippen molar-refractivity contribution >= 4 is 33.5 Å². The molecular weight excluding hydrogens is 346 g/mol. The number of pyridine rings is 1. The zero-order valence-corrected chi connectivity index (χ0v) is 16.2. The van der Waals surface area contributed by atoms with Gasteiger partial charge < -0.3 is 0 Å². The van der Waals surface area contributed by atoms with E-state index in [0.29, 0.717) is 11.1 Å². The fourth-order valence-electron chi connectivity index (χ4n) is 3.67. The molecule has 4 aromatic rings. The summed E-state index contributed by atoms with van der Waals surface area (Å²) in [6.45, 7) is 8.41. The third-order valence-electron chi connectivity index (χ3n) is 4.97. The maximum Gasteiger partial charge on any atom is 0.167 e. The SMILES string of the molecule is CCC(CC)n1nnc2c(-n3ccc4cc(C)cc(Cl)c43)nc(C)cc21. The zero-order valence-electron chi connectivity index (χ0n) is 15.5. The predicted molar refractivity (Wildman–Crippen MR) is 106 cm³/mol. The van der Waals surface area contributed by atoms with E-state index in [1.807, 2.05) is 35.4 Å². The van der Waals surface area contributed by atoms with Crippen LogP contribution >= 0.6 is 11.6 Å². The molecule has 0 unspecified atom stereocenters. The van der Waals surface area contributed by atoms with E-state index in [0.717, 1.165) is 51.9 Å². The molecule has 134 valence electrons. The number of rotatable bonds is 4. The smallest absolute Gasteiger partial charge is 0.167 e. The highest BCUT2D eigenvalue weighted by Gasteiger charge is 2.19. The molecule has 0 N–H and O–H groups in total. The number of aromatic nitrogens is 5. The Morgan fingerprint density at radius 3 is 2.62 bits per heavy atom. The highest BCUT2D eigenvalue weighted by molar-refractivity contribution is 6.35. The van der Waals surface area contributed by atoms with Crippen molar-refractivity contribution in [3.05, 3.63) is 46.7 Å². The van der Waals surface area contributed by atoms with Gasteiger partial charge in [0.25, 0.3) is 0 Å². The lowest BCUT2D eigenvalue weighted by molar-refractivity contribution is 0.430. The normalized spacial score (nSPS) is 11.9. The van der Waals surface area contributed by atoms with Crippen LogP contribution in [-0.2, 0) is 0 Å².